The van der Waals surface area contributed by atoms with Gasteiger partial charge in [0, 0.05) is 16.0 Å². The summed E-state index contributed by atoms with van der Waals surface area (Å²) in [4.78, 5) is 14.6. The first-order valence-electron chi connectivity index (χ1n) is 12.1. The van der Waals surface area contributed by atoms with Crippen LogP contribution in [0.2, 0.25) is 21.6 Å². The first-order valence-corrected chi connectivity index (χ1v) is 16.2. The van der Waals surface area contributed by atoms with Crippen LogP contribution in [-0.4, -0.2) is 41.0 Å². The van der Waals surface area contributed by atoms with Crippen molar-refractivity contribution in [3.05, 3.63) is 64.7 Å². The number of benzene rings is 2. The fourth-order valence-electron chi connectivity index (χ4n) is 5.15. The van der Waals surface area contributed by atoms with Crippen LogP contribution in [0.15, 0.2) is 53.4 Å². The van der Waals surface area contributed by atoms with Crippen molar-refractivity contribution in [2.45, 2.75) is 88.6 Å². The first kappa shape index (κ1) is 28.8. The number of rotatable bonds is 11. The van der Waals surface area contributed by atoms with Crippen molar-refractivity contribution in [1.82, 2.24) is 4.90 Å². The largest absolute Gasteiger partial charge is 0.465 e. The van der Waals surface area contributed by atoms with Crippen LogP contribution in [0.1, 0.15) is 65.7 Å². The molecule has 0 heterocycles. The Hall–Kier alpha value is -1.47. The van der Waals surface area contributed by atoms with E-state index in [-0.39, 0.29) is 12.6 Å². The summed E-state index contributed by atoms with van der Waals surface area (Å²) in [5.74, 6) is 0. The normalized spacial score (nSPS) is 14.0. The smallest absolute Gasteiger partial charge is 0.407 e. The van der Waals surface area contributed by atoms with E-state index in [0.717, 1.165) is 5.56 Å². The van der Waals surface area contributed by atoms with Gasteiger partial charge in [0.25, 0.3) is 0 Å². The van der Waals surface area contributed by atoms with Gasteiger partial charge in [0.1, 0.15) is 7.22 Å². The van der Waals surface area contributed by atoms with Crippen molar-refractivity contribution < 1.29 is 15.0 Å². The van der Waals surface area contributed by atoms with E-state index in [1.807, 2.05) is 6.92 Å². The van der Waals surface area contributed by atoms with Crippen LogP contribution >= 0.6 is 22.8 Å². The molecule has 2 atom stereocenters. The van der Waals surface area contributed by atoms with Gasteiger partial charge in [-0.15, -0.1) is 0 Å². The lowest BCUT2D eigenvalue weighted by Gasteiger charge is -2.42. The molecule has 0 bridgehead atoms. The molecule has 0 aliphatic rings. The quantitative estimate of drug-likeness (QED) is 0.292. The van der Waals surface area contributed by atoms with Crippen LogP contribution in [0.4, 0.5) is 4.79 Å². The zero-order valence-corrected chi connectivity index (χ0v) is 24.0. The van der Waals surface area contributed by atoms with E-state index in [1.54, 1.807) is 24.3 Å². The number of carbonyl (C=O) groups is 1. The third-order valence-electron chi connectivity index (χ3n) is 6.84. The van der Waals surface area contributed by atoms with E-state index in [9.17, 15) is 15.0 Å². The molecule has 188 valence electrons. The Kier molecular flexibility index (Phi) is 10.6. The average Bonchev–Trinajstić information content (AvgIpc) is 2.75. The summed E-state index contributed by atoms with van der Waals surface area (Å²) in [5, 5.41) is 20.9. The lowest BCUT2D eigenvalue weighted by Crippen LogP contribution is -2.41. The number of aliphatic hydroxyl groups excluding tert-OH is 1. The molecule has 0 unspecified atom stereocenters. The Labute approximate surface area is 215 Å². The maximum atomic E-state index is 12.0. The molecule has 34 heavy (non-hydrogen) atoms. The molecule has 7 heteroatoms. The number of aliphatic hydroxyl groups is 1. The van der Waals surface area contributed by atoms with Gasteiger partial charge in [-0.2, -0.15) is 11.2 Å². The summed E-state index contributed by atoms with van der Waals surface area (Å²) in [5.41, 5.74) is 3.72. The second kappa shape index (κ2) is 12.5. The minimum atomic E-state index is -1.61. The van der Waals surface area contributed by atoms with Gasteiger partial charge >= 0.3 is 6.09 Å². The monoisotopic (exact) mass is 521 g/mol. The highest BCUT2D eigenvalue weighted by atomic mass is 35.5. The zero-order valence-electron chi connectivity index (χ0n) is 21.5. The van der Waals surface area contributed by atoms with Gasteiger partial charge in [0.2, 0.25) is 0 Å². The molecular formula is C27H40ClNO3SSi. The van der Waals surface area contributed by atoms with Crippen LogP contribution in [0.25, 0.3) is 0 Å². The van der Waals surface area contributed by atoms with E-state index in [2.05, 4.69) is 77.0 Å². The fourth-order valence-corrected chi connectivity index (χ4v) is 14.5. The van der Waals surface area contributed by atoms with E-state index < -0.39 is 19.4 Å². The maximum Gasteiger partial charge on any atom is 0.407 e. The van der Waals surface area contributed by atoms with Crippen molar-refractivity contribution >= 4 is 36.1 Å². The lowest BCUT2D eigenvalue weighted by molar-refractivity contribution is 0.0799. The predicted molar refractivity (Wildman–Crippen MR) is 148 cm³/mol. The van der Waals surface area contributed by atoms with Crippen molar-refractivity contribution in [3.63, 3.8) is 0 Å². The number of nitrogens with zero attached hydrogens (tertiary/aromatic N) is 1. The maximum absolute atomic E-state index is 12.0. The Morgan fingerprint density at radius 2 is 1.53 bits per heavy atom. The molecule has 0 radical (unpaired) electrons. The van der Waals surface area contributed by atoms with E-state index in [1.165, 1.54) is 9.80 Å². The highest BCUT2D eigenvalue weighted by Crippen LogP contribution is 2.51. The third-order valence-corrected chi connectivity index (χ3v) is 19.4. The number of carboxylic acid groups (broad SMARTS) is 1. The molecular weight excluding hydrogens is 482 g/mol. The number of hydrogen-bond acceptors (Lipinski definition) is 3. The Bertz CT molecular complexity index is 914. The summed E-state index contributed by atoms with van der Waals surface area (Å²) < 4.78 is 0. The molecule has 2 rings (SSSR count). The predicted octanol–water partition coefficient (Wildman–Crippen LogP) is 8.25. The Morgan fingerprint density at radius 3 is 2.00 bits per heavy atom. The molecule has 1 amide bonds. The molecule has 0 aromatic heterocycles. The van der Waals surface area contributed by atoms with Gasteiger partial charge in [-0.25, -0.2) is 4.79 Å². The van der Waals surface area contributed by atoms with E-state index in [4.69, 9.17) is 11.6 Å². The molecule has 0 aliphatic heterocycles. The fraction of sp³-hybridized carbons (Fsp3) is 0.519. The topological polar surface area (TPSA) is 60.8 Å². The highest BCUT2D eigenvalue weighted by Gasteiger charge is 2.44. The van der Waals surface area contributed by atoms with Crippen LogP contribution in [0.5, 0.6) is 0 Å². The molecule has 2 aromatic carbocycles. The molecule has 0 spiro atoms. The van der Waals surface area contributed by atoms with Gasteiger partial charge in [-0.3, -0.25) is 0 Å². The average molecular weight is 522 g/mol. The van der Waals surface area contributed by atoms with Crippen LogP contribution in [-0.2, 0) is 6.42 Å². The molecule has 0 saturated heterocycles. The van der Waals surface area contributed by atoms with Gasteiger partial charge in [-0.1, -0.05) is 77.4 Å². The summed E-state index contributed by atoms with van der Waals surface area (Å²) in [6, 6.07) is 15.2. The number of amides is 1. The zero-order chi connectivity index (χ0) is 25.6. The van der Waals surface area contributed by atoms with Gasteiger partial charge in [-0.05, 0) is 65.4 Å². The van der Waals surface area contributed by atoms with E-state index >= 15 is 0 Å². The second-order valence-corrected chi connectivity index (χ2v) is 19.1. The van der Waals surface area contributed by atoms with Gasteiger partial charge in [0.15, 0.2) is 0 Å². The molecule has 4 nitrogen and oxygen atoms in total. The Morgan fingerprint density at radius 1 is 0.971 bits per heavy atom. The first-order chi connectivity index (χ1) is 15.9. The molecule has 2 aromatic rings. The Balaban J connectivity index is 2.12. The molecule has 0 aliphatic carbocycles. The summed E-state index contributed by atoms with van der Waals surface area (Å²) in [7, 11) is -1.61. The third kappa shape index (κ3) is 7.03. The summed E-state index contributed by atoms with van der Waals surface area (Å²) >= 11 is 8.12. The van der Waals surface area contributed by atoms with Gasteiger partial charge < -0.3 is 15.1 Å². The minimum Gasteiger partial charge on any atom is -0.465 e. The highest BCUT2D eigenvalue weighted by molar-refractivity contribution is 8.29. The van der Waals surface area contributed by atoms with Crippen LogP contribution in [0, 0.1) is 0 Å². The SMILES string of the molecule is CC(C)[Si](Sc1ccc(C[C@@H](C)N(C[C@@H](O)c2cccc(Cl)c2)C(=O)O)cc1)(C(C)C)C(C)C. The van der Waals surface area contributed by atoms with Crippen molar-refractivity contribution in [3.8, 4) is 0 Å². The number of hydrogen-bond donors (Lipinski definition) is 2. The standard InChI is InChI=1S/C27H40ClNO3SSi/c1-18(2)34(19(3)4,20(5)6)33-25-13-11-22(12-14-25)15-21(7)29(27(31)32)17-26(30)23-9-8-10-24(28)16-23/h8-14,16,18-21,26,30H,15,17H2,1-7H3,(H,31,32)/t21-,26-/m1/s1. The second-order valence-electron chi connectivity index (χ2n) is 10.1. The molecule has 2 N–H and O–H groups in total. The minimum absolute atomic E-state index is 0.00391. The van der Waals surface area contributed by atoms with Crippen molar-refractivity contribution in [2.75, 3.05) is 6.54 Å². The van der Waals surface area contributed by atoms with E-state index in [0.29, 0.717) is 33.6 Å². The van der Waals surface area contributed by atoms with Gasteiger partial charge in [0.05, 0.1) is 12.6 Å². The van der Waals surface area contributed by atoms with Crippen molar-refractivity contribution in [1.29, 1.82) is 0 Å². The van der Waals surface area contributed by atoms with Crippen molar-refractivity contribution in [2.24, 2.45) is 0 Å². The van der Waals surface area contributed by atoms with Crippen LogP contribution in [0.3, 0.4) is 0 Å². The lowest BCUT2D eigenvalue weighted by atomic mass is 10.0. The number of halogens is 1. The van der Waals surface area contributed by atoms with Crippen LogP contribution < -0.4 is 0 Å². The molecule has 0 fully saturated rings. The molecule has 0 saturated carbocycles. The summed E-state index contributed by atoms with van der Waals surface area (Å²) in [6.07, 6.45) is -1.39. The summed E-state index contributed by atoms with van der Waals surface area (Å²) in [6.45, 7) is 16.1.